The van der Waals surface area contributed by atoms with Crippen molar-refractivity contribution in [3.63, 3.8) is 0 Å². The summed E-state index contributed by atoms with van der Waals surface area (Å²) >= 11 is 0. The summed E-state index contributed by atoms with van der Waals surface area (Å²) in [4.78, 5) is 2.58. The summed E-state index contributed by atoms with van der Waals surface area (Å²) in [6.07, 6.45) is 1.18. The van der Waals surface area contributed by atoms with E-state index >= 15 is 0 Å². The van der Waals surface area contributed by atoms with Crippen LogP contribution in [-0.4, -0.2) is 32.3 Å². The van der Waals surface area contributed by atoms with Gasteiger partial charge in [0.25, 0.3) is 0 Å². The third-order valence-electron chi connectivity index (χ3n) is 5.81. The van der Waals surface area contributed by atoms with E-state index in [4.69, 9.17) is 4.74 Å². The molecule has 0 aromatic heterocycles. The van der Waals surface area contributed by atoms with Gasteiger partial charge in [-0.05, 0) is 42.8 Å². The molecule has 3 heterocycles. The van der Waals surface area contributed by atoms with E-state index in [-0.39, 0.29) is 0 Å². The number of ether oxygens (including phenoxy) is 1. The first-order valence-corrected chi connectivity index (χ1v) is 9.33. The Morgan fingerprint density at radius 2 is 2.19 bits per heavy atom. The minimum absolute atomic E-state index is 0.531. The molecule has 0 aliphatic carbocycles. The van der Waals surface area contributed by atoms with Gasteiger partial charge in [-0.25, -0.2) is 0 Å². The number of anilines is 3. The molecule has 3 aliphatic heterocycles. The van der Waals surface area contributed by atoms with Crippen LogP contribution >= 0.6 is 0 Å². The summed E-state index contributed by atoms with van der Waals surface area (Å²) < 4.78 is 5.87. The molecule has 0 bridgehead atoms. The third kappa shape index (κ3) is 2.45. The van der Waals surface area contributed by atoms with Crippen LogP contribution in [-0.2, 0) is 11.3 Å². The standard InChI is InChI=1S/C21H22N4O/c22-11-14-3-1-2-4-19(14)24-16-9-15-13-26-8-7-25-20-5-6-23-12-18(20)17(10-16)21(15)25/h1-4,9-10,18,20,23-24H,5-8,12-13H2/t18-,20-/m0/s1. The number of piperidine rings is 1. The zero-order valence-corrected chi connectivity index (χ0v) is 14.7. The Bertz CT molecular complexity index is 888. The molecule has 26 heavy (non-hydrogen) atoms. The van der Waals surface area contributed by atoms with Crippen LogP contribution in [0.25, 0.3) is 0 Å². The molecular weight excluding hydrogens is 324 g/mol. The highest BCUT2D eigenvalue weighted by Crippen LogP contribution is 2.47. The number of hydrogen-bond donors (Lipinski definition) is 2. The van der Waals surface area contributed by atoms with Gasteiger partial charge in [0.2, 0.25) is 0 Å². The molecule has 0 amide bonds. The lowest BCUT2D eigenvalue weighted by molar-refractivity contribution is 0.130. The van der Waals surface area contributed by atoms with Gasteiger partial charge in [0.1, 0.15) is 6.07 Å². The molecule has 0 radical (unpaired) electrons. The van der Waals surface area contributed by atoms with Gasteiger partial charge >= 0.3 is 0 Å². The van der Waals surface area contributed by atoms with Crippen LogP contribution in [0.5, 0.6) is 0 Å². The predicted molar refractivity (Wildman–Crippen MR) is 102 cm³/mol. The van der Waals surface area contributed by atoms with Crippen LogP contribution in [0, 0.1) is 11.3 Å². The monoisotopic (exact) mass is 346 g/mol. The second-order valence-corrected chi connectivity index (χ2v) is 7.27. The lowest BCUT2D eigenvalue weighted by Crippen LogP contribution is -2.44. The first kappa shape index (κ1) is 15.7. The minimum atomic E-state index is 0.531. The molecule has 2 aromatic rings. The first-order chi connectivity index (χ1) is 12.8. The van der Waals surface area contributed by atoms with Crippen molar-refractivity contribution in [3.05, 3.63) is 53.1 Å². The molecular formula is C21H22N4O. The average Bonchev–Trinajstić information content (AvgIpc) is 2.84. The first-order valence-electron chi connectivity index (χ1n) is 9.33. The van der Waals surface area contributed by atoms with E-state index in [0.717, 1.165) is 37.6 Å². The van der Waals surface area contributed by atoms with Gasteiger partial charge in [-0.1, -0.05) is 12.1 Å². The lowest BCUT2D eigenvalue weighted by Gasteiger charge is -2.33. The molecule has 2 aromatic carbocycles. The Kier molecular flexibility index (Phi) is 3.81. The van der Waals surface area contributed by atoms with Gasteiger partial charge in [0.05, 0.1) is 24.5 Å². The van der Waals surface area contributed by atoms with Crippen LogP contribution in [0.1, 0.15) is 29.0 Å². The van der Waals surface area contributed by atoms with Gasteiger partial charge in [-0.15, -0.1) is 0 Å². The maximum Gasteiger partial charge on any atom is 0.101 e. The van der Waals surface area contributed by atoms with E-state index in [1.165, 1.54) is 23.2 Å². The van der Waals surface area contributed by atoms with E-state index in [9.17, 15) is 5.26 Å². The Morgan fingerprint density at radius 1 is 1.27 bits per heavy atom. The molecule has 132 valence electrons. The fraction of sp³-hybridized carbons (Fsp3) is 0.381. The van der Waals surface area contributed by atoms with E-state index in [1.807, 2.05) is 24.3 Å². The van der Waals surface area contributed by atoms with Crippen molar-refractivity contribution in [3.8, 4) is 6.07 Å². The minimum Gasteiger partial charge on any atom is -0.375 e. The van der Waals surface area contributed by atoms with Crippen molar-refractivity contribution in [1.29, 1.82) is 5.26 Å². The summed E-state index contributed by atoms with van der Waals surface area (Å²) in [5.74, 6) is 0.531. The lowest BCUT2D eigenvalue weighted by atomic mass is 9.89. The van der Waals surface area contributed by atoms with Crippen molar-refractivity contribution in [2.24, 2.45) is 0 Å². The smallest absolute Gasteiger partial charge is 0.101 e. The third-order valence-corrected chi connectivity index (χ3v) is 5.81. The summed E-state index contributed by atoms with van der Waals surface area (Å²) in [5, 5.41) is 16.4. The molecule has 5 nitrogen and oxygen atoms in total. The maximum atomic E-state index is 9.36. The molecule has 0 spiro atoms. The number of para-hydroxylation sites is 1. The molecule has 2 N–H and O–H groups in total. The number of nitriles is 1. The molecule has 3 aliphatic rings. The van der Waals surface area contributed by atoms with E-state index in [2.05, 4.69) is 33.7 Å². The van der Waals surface area contributed by atoms with Gasteiger partial charge in [-0.3, -0.25) is 0 Å². The Labute approximate surface area is 153 Å². The van der Waals surface area contributed by atoms with Crippen molar-refractivity contribution >= 4 is 17.1 Å². The fourth-order valence-corrected chi connectivity index (χ4v) is 4.70. The van der Waals surface area contributed by atoms with Crippen molar-refractivity contribution in [2.45, 2.75) is 25.0 Å². The molecule has 2 atom stereocenters. The van der Waals surface area contributed by atoms with Crippen LogP contribution < -0.4 is 15.5 Å². The topological polar surface area (TPSA) is 60.3 Å². The van der Waals surface area contributed by atoms with Crippen molar-refractivity contribution in [1.82, 2.24) is 5.32 Å². The second kappa shape index (κ2) is 6.31. The SMILES string of the molecule is N#Cc1ccccc1Nc1cc2c3c(c1)[C@@H]1CNCC[C@@H]1N3CCOC2. The summed E-state index contributed by atoms with van der Waals surface area (Å²) in [5.41, 5.74) is 6.62. The highest BCUT2D eigenvalue weighted by molar-refractivity contribution is 5.75. The highest BCUT2D eigenvalue weighted by Gasteiger charge is 2.41. The van der Waals surface area contributed by atoms with E-state index in [1.54, 1.807) is 0 Å². The Hall–Kier alpha value is -2.55. The summed E-state index contributed by atoms with van der Waals surface area (Å²) in [6, 6.07) is 15.0. The van der Waals surface area contributed by atoms with Crippen molar-refractivity contribution in [2.75, 3.05) is 36.5 Å². The zero-order valence-electron chi connectivity index (χ0n) is 14.7. The molecule has 1 saturated heterocycles. The van der Waals surface area contributed by atoms with Gasteiger partial charge in [0.15, 0.2) is 0 Å². The maximum absolute atomic E-state index is 9.36. The number of nitrogens with zero attached hydrogens (tertiary/aromatic N) is 2. The summed E-state index contributed by atoms with van der Waals surface area (Å²) in [7, 11) is 0. The number of rotatable bonds is 2. The van der Waals surface area contributed by atoms with Crippen molar-refractivity contribution < 1.29 is 4.74 Å². The normalized spacial score (nSPS) is 23.6. The number of nitrogens with one attached hydrogen (secondary N) is 2. The van der Waals surface area contributed by atoms with E-state index < -0.39 is 0 Å². The number of hydrogen-bond acceptors (Lipinski definition) is 5. The number of benzene rings is 2. The molecule has 1 fully saturated rings. The Balaban J connectivity index is 1.58. The quantitative estimate of drug-likeness (QED) is 0.875. The van der Waals surface area contributed by atoms with Crippen LogP contribution in [0.15, 0.2) is 36.4 Å². The second-order valence-electron chi connectivity index (χ2n) is 7.27. The molecule has 0 unspecified atom stereocenters. The Morgan fingerprint density at radius 3 is 3.12 bits per heavy atom. The van der Waals surface area contributed by atoms with Crippen LogP contribution in [0.2, 0.25) is 0 Å². The molecule has 0 saturated carbocycles. The predicted octanol–water partition coefficient (Wildman–Crippen LogP) is 3.10. The average molecular weight is 346 g/mol. The molecule has 5 heteroatoms. The summed E-state index contributed by atoms with van der Waals surface area (Å²) in [6.45, 7) is 4.53. The largest absolute Gasteiger partial charge is 0.375 e. The van der Waals surface area contributed by atoms with E-state index in [0.29, 0.717) is 24.1 Å². The van der Waals surface area contributed by atoms with Crippen LogP contribution in [0.4, 0.5) is 17.1 Å². The van der Waals surface area contributed by atoms with Gasteiger partial charge in [0, 0.05) is 42.0 Å². The fourth-order valence-electron chi connectivity index (χ4n) is 4.70. The number of fused-ring (bicyclic) bond motifs is 3. The van der Waals surface area contributed by atoms with Gasteiger partial charge in [-0.2, -0.15) is 5.26 Å². The molecule has 5 rings (SSSR count). The zero-order chi connectivity index (χ0) is 17.5. The van der Waals surface area contributed by atoms with Gasteiger partial charge < -0.3 is 20.3 Å². The highest BCUT2D eigenvalue weighted by atomic mass is 16.5. The van der Waals surface area contributed by atoms with Crippen LogP contribution in [0.3, 0.4) is 0 Å².